The molecule has 1 fully saturated rings. The lowest BCUT2D eigenvalue weighted by Crippen LogP contribution is -2.52. The SMILES string of the molecule is O=C1CCC(NC(=O)c2ccc3nccn3c2)C(=O)N1. The highest BCUT2D eigenvalue weighted by atomic mass is 16.2. The van der Waals surface area contributed by atoms with Crippen LogP contribution in [-0.2, 0) is 9.59 Å². The molecule has 0 aliphatic carbocycles. The number of nitrogens with zero attached hydrogens (tertiary/aromatic N) is 2. The second kappa shape index (κ2) is 4.76. The zero-order chi connectivity index (χ0) is 14.1. The van der Waals surface area contributed by atoms with Crippen LogP contribution in [-0.4, -0.2) is 33.1 Å². The highest BCUT2D eigenvalue weighted by molar-refractivity contribution is 6.03. The van der Waals surface area contributed by atoms with Crippen molar-refractivity contribution in [2.24, 2.45) is 0 Å². The van der Waals surface area contributed by atoms with E-state index in [0.29, 0.717) is 12.0 Å². The van der Waals surface area contributed by atoms with Crippen molar-refractivity contribution >= 4 is 23.4 Å². The van der Waals surface area contributed by atoms with Crippen LogP contribution in [0.3, 0.4) is 0 Å². The van der Waals surface area contributed by atoms with Gasteiger partial charge in [0.15, 0.2) is 0 Å². The van der Waals surface area contributed by atoms with E-state index in [0.717, 1.165) is 5.65 Å². The van der Waals surface area contributed by atoms with Crippen molar-refractivity contribution in [1.29, 1.82) is 0 Å². The number of hydrogen-bond donors (Lipinski definition) is 2. The minimum absolute atomic E-state index is 0.233. The molecule has 20 heavy (non-hydrogen) atoms. The van der Waals surface area contributed by atoms with Crippen LogP contribution < -0.4 is 10.6 Å². The molecule has 0 bridgehead atoms. The Labute approximate surface area is 114 Å². The highest BCUT2D eigenvalue weighted by Gasteiger charge is 2.28. The molecule has 3 rings (SSSR count). The number of aromatic nitrogens is 2. The van der Waals surface area contributed by atoms with E-state index < -0.39 is 11.9 Å². The van der Waals surface area contributed by atoms with Gasteiger partial charge >= 0.3 is 0 Å². The third-order valence-electron chi connectivity index (χ3n) is 3.20. The summed E-state index contributed by atoms with van der Waals surface area (Å²) in [6.07, 6.45) is 5.57. The molecule has 7 nitrogen and oxygen atoms in total. The molecule has 1 saturated heterocycles. The van der Waals surface area contributed by atoms with Crippen LogP contribution in [0.5, 0.6) is 0 Å². The number of carbonyl (C=O) groups is 3. The Hall–Kier alpha value is -2.70. The molecule has 2 N–H and O–H groups in total. The topological polar surface area (TPSA) is 92.6 Å². The molecular formula is C13H12N4O3. The molecular weight excluding hydrogens is 260 g/mol. The molecule has 1 aliphatic heterocycles. The summed E-state index contributed by atoms with van der Waals surface area (Å²) in [5.74, 6) is -1.12. The number of rotatable bonds is 2. The van der Waals surface area contributed by atoms with Gasteiger partial charge in [-0.2, -0.15) is 0 Å². The van der Waals surface area contributed by atoms with Crippen LogP contribution in [0.4, 0.5) is 0 Å². The third kappa shape index (κ3) is 2.25. The fourth-order valence-electron chi connectivity index (χ4n) is 2.13. The maximum atomic E-state index is 12.1. The lowest BCUT2D eigenvalue weighted by atomic mass is 10.1. The molecule has 2 aromatic rings. The van der Waals surface area contributed by atoms with Crippen molar-refractivity contribution in [3.8, 4) is 0 Å². The number of hydrogen-bond acceptors (Lipinski definition) is 4. The van der Waals surface area contributed by atoms with E-state index in [2.05, 4.69) is 15.6 Å². The van der Waals surface area contributed by atoms with E-state index in [4.69, 9.17) is 0 Å². The first-order valence-corrected chi connectivity index (χ1v) is 6.21. The van der Waals surface area contributed by atoms with Crippen LogP contribution in [0.2, 0.25) is 0 Å². The number of pyridine rings is 1. The van der Waals surface area contributed by atoms with E-state index in [1.807, 2.05) is 0 Å². The van der Waals surface area contributed by atoms with Crippen LogP contribution >= 0.6 is 0 Å². The Morgan fingerprint density at radius 1 is 1.40 bits per heavy atom. The van der Waals surface area contributed by atoms with Gasteiger partial charge in [-0.05, 0) is 18.6 Å². The van der Waals surface area contributed by atoms with Crippen molar-refractivity contribution in [3.63, 3.8) is 0 Å². The predicted molar refractivity (Wildman–Crippen MR) is 68.8 cm³/mol. The summed E-state index contributed by atoms with van der Waals surface area (Å²) >= 11 is 0. The van der Waals surface area contributed by atoms with E-state index in [1.54, 1.807) is 35.1 Å². The molecule has 7 heteroatoms. The molecule has 102 valence electrons. The fraction of sp³-hybridized carbons (Fsp3) is 0.231. The van der Waals surface area contributed by atoms with Crippen LogP contribution in [0, 0.1) is 0 Å². The number of imidazole rings is 1. The van der Waals surface area contributed by atoms with Crippen molar-refractivity contribution in [1.82, 2.24) is 20.0 Å². The van der Waals surface area contributed by atoms with E-state index >= 15 is 0 Å². The Morgan fingerprint density at radius 3 is 3.05 bits per heavy atom. The summed E-state index contributed by atoms with van der Waals surface area (Å²) in [5.41, 5.74) is 1.17. The smallest absolute Gasteiger partial charge is 0.253 e. The first-order chi connectivity index (χ1) is 9.63. The van der Waals surface area contributed by atoms with Gasteiger partial charge in [0, 0.05) is 25.0 Å². The number of fused-ring (bicyclic) bond motifs is 1. The molecule has 1 atom stereocenters. The third-order valence-corrected chi connectivity index (χ3v) is 3.20. The minimum atomic E-state index is -0.668. The quantitative estimate of drug-likeness (QED) is 0.745. The molecule has 3 amide bonds. The van der Waals surface area contributed by atoms with E-state index in [1.165, 1.54) is 0 Å². The summed E-state index contributed by atoms with van der Waals surface area (Å²) < 4.78 is 1.72. The second-order valence-electron chi connectivity index (χ2n) is 4.59. The molecule has 0 spiro atoms. The summed E-state index contributed by atoms with van der Waals surface area (Å²) in [4.78, 5) is 38.8. The molecule has 0 aromatic carbocycles. The number of amides is 3. The van der Waals surface area contributed by atoms with Crippen LogP contribution in [0.25, 0.3) is 5.65 Å². The van der Waals surface area contributed by atoms with Crippen molar-refractivity contribution in [2.75, 3.05) is 0 Å². The van der Waals surface area contributed by atoms with E-state index in [-0.39, 0.29) is 18.2 Å². The number of piperidine rings is 1. The highest BCUT2D eigenvalue weighted by Crippen LogP contribution is 2.08. The van der Waals surface area contributed by atoms with Crippen LogP contribution in [0.15, 0.2) is 30.7 Å². The molecule has 3 heterocycles. The standard InChI is InChI=1S/C13H12N4O3/c18-11-4-2-9(13(20)16-11)15-12(19)8-1-3-10-14-5-6-17(10)7-8/h1,3,5-7,9H,2,4H2,(H,15,19)(H,16,18,20). The lowest BCUT2D eigenvalue weighted by molar-refractivity contribution is -0.134. The van der Waals surface area contributed by atoms with Gasteiger partial charge in [-0.1, -0.05) is 0 Å². The summed E-state index contributed by atoms with van der Waals surface area (Å²) in [7, 11) is 0. The first-order valence-electron chi connectivity index (χ1n) is 6.21. The molecule has 1 aliphatic rings. The molecule has 1 unspecified atom stereocenters. The largest absolute Gasteiger partial charge is 0.340 e. The Morgan fingerprint density at radius 2 is 2.25 bits per heavy atom. The normalized spacial score (nSPS) is 18.9. The Bertz CT molecular complexity index is 706. The monoisotopic (exact) mass is 272 g/mol. The van der Waals surface area contributed by atoms with Gasteiger partial charge in [-0.25, -0.2) is 4.98 Å². The lowest BCUT2D eigenvalue weighted by Gasteiger charge is -2.21. The van der Waals surface area contributed by atoms with E-state index in [9.17, 15) is 14.4 Å². The minimum Gasteiger partial charge on any atom is -0.340 e. The van der Waals surface area contributed by atoms with Crippen molar-refractivity contribution < 1.29 is 14.4 Å². The molecule has 0 radical (unpaired) electrons. The number of carbonyl (C=O) groups excluding carboxylic acids is 3. The van der Waals surface area contributed by atoms with Gasteiger partial charge in [0.1, 0.15) is 11.7 Å². The van der Waals surface area contributed by atoms with Crippen LogP contribution in [0.1, 0.15) is 23.2 Å². The van der Waals surface area contributed by atoms with Gasteiger partial charge in [-0.15, -0.1) is 0 Å². The molecule has 2 aromatic heterocycles. The van der Waals surface area contributed by atoms with Gasteiger partial charge in [0.25, 0.3) is 5.91 Å². The average molecular weight is 272 g/mol. The first kappa shape index (κ1) is 12.3. The average Bonchev–Trinajstić information content (AvgIpc) is 2.89. The maximum Gasteiger partial charge on any atom is 0.253 e. The summed E-state index contributed by atoms with van der Waals surface area (Å²) in [5, 5.41) is 4.83. The van der Waals surface area contributed by atoms with Gasteiger partial charge in [-0.3, -0.25) is 19.7 Å². The zero-order valence-corrected chi connectivity index (χ0v) is 10.5. The fourth-order valence-corrected chi connectivity index (χ4v) is 2.13. The van der Waals surface area contributed by atoms with Gasteiger partial charge in [0.05, 0.1) is 5.56 Å². The second-order valence-corrected chi connectivity index (χ2v) is 4.59. The number of imide groups is 1. The van der Waals surface area contributed by atoms with Crippen molar-refractivity contribution in [2.45, 2.75) is 18.9 Å². The Balaban J connectivity index is 1.75. The van der Waals surface area contributed by atoms with Gasteiger partial charge < -0.3 is 9.72 Å². The summed E-state index contributed by atoms with van der Waals surface area (Å²) in [6.45, 7) is 0. The molecule has 0 saturated carbocycles. The number of nitrogens with one attached hydrogen (secondary N) is 2. The maximum absolute atomic E-state index is 12.1. The van der Waals surface area contributed by atoms with Gasteiger partial charge in [0.2, 0.25) is 11.8 Å². The van der Waals surface area contributed by atoms with Crippen molar-refractivity contribution in [3.05, 3.63) is 36.3 Å². The summed E-state index contributed by atoms with van der Waals surface area (Å²) in [6, 6.07) is 2.70. The predicted octanol–water partition coefficient (Wildman–Crippen LogP) is -0.131. The zero-order valence-electron chi connectivity index (χ0n) is 10.5. The Kier molecular flexibility index (Phi) is 2.94.